The van der Waals surface area contributed by atoms with E-state index in [1.54, 1.807) is 12.1 Å². The van der Waals surface area contributed by atoms with E-state index in [-0.39, 0.29) is 0 Å². The standard InChI is InChI=1S/C22H30O2/c23-22(24,21-17-11-7-12-18-21)19-13-5-3-1-2-4-8-14-20-15-9-6-10-16-20/h6-7,9-12,15-18,23-24H,1-5,8,13-14,19H2. The van der Waals surface area contributed by atoms with Crippen LogP contribution in [0.4, 0.5) is 0 Å². The maximum absolute atomic E-state index is 10.1. The largest absolute Gasteiger partial charge is 0.362 e. The zero-order valence-electron chi connectivity index (χ0n) is 14.5. The van der Waals surface area contributed by atoms with Gasteiger partial charge >= 0.3 is 0 Å². The number of hydrogen-bond donors (Lipinski definition) is 2. The van der Waals surface area contributed by atoms with Gasteiger partial charge in [0.25, 0.3) is 0 Å². The molecule has 0 aliphatic rings. The van der Waals surface area contributed by atoms with Crippen molar-refractivity contribution in [2.75, 3.05) is 0 Å². The van der Waals surface area contributed by atoms with Crippen LogP contribution in [0.15, 0.2) is 60.7 Å². The molecule has 2 aromatic rings. The van der Waals surface area contributed by atoms with E-state index in [4.69, 9.17) is 0 Å². The smallest absolute Gasteiger partial charge is 0.189 e. The third-order valence-corrected chi connectivity index (χ3v) is 4.57. The second-order valence-corrected chi connectivity index (χ2v) is 6.64. The molecule has 0 aliphatic heterocycles. The molecular formula is C22H30O2. The van der Waals surface area contributed by atoms with Gasteiger partial charge in [-0.15, -0.1) is 0 Å². The lowest BCUT2D eigenvalue weighted by Gasteiger charge is -2.22. The van der Waals surface area contributed by atoms with Gasteiger partial charge in [-0.25, -0.2) is 0 Å². The van der Waals surface area contributed by atoms with Gasteiger partial charge in [-0.3, -0.25) is 0 Å². The topological polar surface area (TPSA) is 40.5 Å². The zero-order chi connectivity index (χ0) is 17.1. The van der Waals surface area contributed by atoms with E-state index in [9.17, 15) is 10.2 Å². The predicted molar refractivity (Wildman–Crippen MR) is 99.6 cm³/mol. The number of benzene rings is 2. The first kappa shape index (κ1) is 18.7. The molecule has 0 radical (unpaired) electrons. The van der Waals surface area contributed by atoms with E-state index in [0.29, 0.717) is 12.0 Å². The van der Waals surface area contributed by atoms with Crippen molar-refractivity contribution in [1.29, 1.82) is 0 Å². The lowest BCUT2D eigenvalue weighted by molar-refractivity contribution is -0.175. The first-order valence-corrected chi connectivity index (χ1v) is 9.23. The molecule has 0 atom stereocenters. The van der Waals surface area contributed by atoms with Gasteiger partial charge in [0.15, 0.2) is 5.79 Å². The van der Waals surface area contributed by atoms with Crippen LogP contribution in [0.2, 0.25) is 0 Å². The Kier molecular flexibility index (Phi) is 8.00. The maximum atomic E-state index is 10.1. The van der Waals surface area contributed by atoms with Gasteiger partial charge in [-0.2, -0.15) is 0 Å². The van der Waals surface area contributed by atoms with Gasteiger partial charge in [-0.05, 0) is 24.8 Å². The summed E-state index contributed by atoms with van der Waals surface area (Å²) in [6, 6.07) is 19.8. The molecule has 0 aromatic heterocycles. The monoisotopic (exact) mass is 326 g/mol. The Bertz CT molecular complexity index is 549. The first-order valence-electron chi connectivity index (χ1n) is 9.23. The molecule has 0 saturated heterocycles. The molecule has 130 valence electrons. The number of hydrogen-bond acceptors (Lipinski definition) is 2. The molecule has 2 rings (SSSR count). The van der Waals surface area contributed by atoms with Crippen LogP contribution in [-0.2, 0) is 12.2 Å². The van der Waals surface area contributed by atoms with Gasteiger partial charge in [-0.1, -0.05) is 92.8 Å². The van der Waals surface area contributed by atoms with Crippen LogP contribution >= 0.6 is 0 Å². The van der Waals surface area contributed by atoms with Crippen LogP contribution in [0.3, 0.4) is 0 Å². The van der Waals surface area contributed by atoms with E-state index in [0.717, 1.165) is 12.8 Å². The van der Waals surface area contributed by atoms with Gasteiger partial charge in [0, 0.05) is 12.0 Å². The van der Waals surface area contributed by atoms with E-state index in [1.807, 2.05) is 18.2 Å². The Morgan fingerprint density at radius 3 is 1.71 bits per heavy atom. The molecule has 0 bridgehead atoms. The summed E-state index contributed by atoms with van der Waals surface area (Å²) >= 11 is 0. The Morgan fingerprint density at radius 1 is 0.583 bits per heavy atom. The molecule has 0 heterocycles. The van der Waals surface area contributed by atoms with E-state index >= 15 is 0 Å². The van der Waals surface area contributed by atoms with Crippen LogP contribution in [-0.4, -0.2) is 10.2 Å². The van der Waals surface area contributed by atoms with E-state index in [2.05, 4.69) is 30.3 Å². The van der Waals surface area contributed by atoms with Crippen LogP contribution in [0.25, 0.3) is 0 Å². The van der Waals surface area contributed by atoms with Crippen LogP contribution in [0.1, 0.15) is 62.5 Å². The molecule has 2 heteroatoms. The molecule has 0 amide bonds. The highest BCUT2D eigenvalue weighted by atomic mass is 16.5. The minimum Gasteiger partial charge on any atom is -0.362 e. The number of aryl methyl sites for hydroxylation is 1. The fraction of sp³-hybridized carbons (Fsp3) is 0.455. The van der Waals surface area contributed by atoms with E-state index in [1.165, 1.54) is 44.1 Å². The van der Waals surface area contributed by atoms with E-state index < -0.39 is 5.79 Å². The first-order chi connectivity index (χ1) is 11.7. The van der Waals surface area contributed by atoms with Gasteiger partial charge < -0.3 is 10.2 Å². The summed E-state index contributed by atoms with van der Waals surface area (Å²) in [5.41, 5.74) is 2.02. The van der Waals surface area contributed by atoms with Gasteiger partial charge in [0.1, 0.15) is 0 Å². The van der Waals surface area contributed by atoms with Gasteiger partial charge in [0.2, 0.25) is 0 Å². The minimum absolute atomic E-state index is 0.408. The van der Waals surface area contributed by atoms with Crippen molar-refractivity contribution >= 4 is 0 Å². The molecule has 2 N–H and O–H groups in total. The molecule has 0 fully saturated rings. The third-order valence-electron chi connectivity index (χ3n) is 4.57. The lowest BCUT2D eigenvalue weighted by Crippen LogP contribution is -2.24. The Morgan fingerprint density at radius 2 is 1.08 bits per heavy atom. The molecule has 2 aromatic carbocycles. The summed E-state index contributed by atoms with van der Waals surface area (Å²) in [4.78, 5) is 0. The average Bonchev–Trinajstić information content (AvgIpc) is 2.62. The van der Waals surface area contributed by atoms with Crippen molar-refractivity contribution in [3.63, 3.8) is 0 Å². The number of aliphatic hydroxyl groups is 2. The summed E-state index contributed by atoms with van der Waals surface area (Å²) in [6.45, 7) is 0. The molecule has 24 heavy (non-hydrogen) atoms. The highest BCUT2D eigenvalue weighted by molar-refractivity contribution is 5.19. The quantitative estimate of drug-likeness (QED) is 0.441. The lowest BCUT2D eigenvalue weighted by atomic mass is 9.98. The Balaban J connectivity index is 1.48. The number of unbranched alkanes of at least 4 members (excludes halogenated alkanes) is 6. The highest BCUT2D eigenvalue weighted by Gasteiger charge is 2.24. The van der Waals surface area contributed by atoms with Crippen molar-refractivity contribution < 1.29 is 10.2 Å². The van der Waals surface area contributed by atoms with Crippen molar-refractivity contribution in [2.24, 2.45) is 0 Å². The summed E-state index contributed by atoms with van der Waals surface area (Å²) in [5, 5.41) is 20.2. The van der Waals surface area contributed by atoms with Crippen molar-refractivity contribution in [3.05, 3.63) is 71.8 Å². The van der Waals surface area contributed by atoms with Gasteiger partial charge in [0.05, 0.1) is 0 Å². The minimum atomic E-state index is -1.68. The van der Waals surface area contributed by atoms with Crippen LogP contribution < -0.4 is 0 Å². The summed E-state index contributed by atoms with van der Waals surface area (Å²) < 4.78 is 0. The molecule has 2 nitrogen and oxygen atoms in total. The average molecular weight is 326 g/mol. The van der Waals surface area contributed by atoms with Crippen LogP contribution in [0, 0.1) is 0 Å². The number of rotatable bonds is 11. The molecule has 0 aliphatic carbocycles. The fourth-order valence-electron chi connectivity index (χ4n) is 3.08. The third kappa shape index (κ3) is 6.86. The maximum Gasteiger partial charge on any atom is 0.189 e. The SMILES string of the molecule is OC(O)(CCCCCCCCCc1ccccc1)c1ccccc1. The normalized spacial score (nSPS) is 11.6. The second-order valence-electron chi connectivity index (χ2n) is 6.64. The predicted octanol–water partition coefficient (Wildman–Crippen LogP) is 5.19. The molecule has 0 unspecified atom stereocenters. The Labute approximate surface area is 146 Å². The summed E-state index contributed by atoms with van der Waals surface area (Å²) in [5.74, 6) is -1.68. The van der Waals surface area contributed by atoms with Crippen molar-refractivity contribution in [2.45, 2.75) is 63.6 Å². The zero-order valence-corrected chi connectivity index (χ0v) is 14.5. The highest BCUT2D eigenvalue weighted by Crippen LogP contribution is 2.24. The second kappa shape index (κ2) is 10.3. The molecular weight excluding hydrogens is 296 g/mol. The summed E-state index contributed by atoms with van der Waals surface area (Å²) in [6.07, 6.45) is 9.73. The van der Waals surface area contributed by atoms with Crippen molar-refractivity contribution in [3.8, 4) is 0 Å². The van der Waals surface area contributed by atoms with Crippen LogP contribution in [0.5, 0.6) is 0 Å². The summed E-state index contributed by atoms with van der Waals surface area (Å²) in [7, 11) is 0. The molecule has 0 saturated carbocycles. The van der Waals surface area contributed by atoms with Crippen molar-refractivity contribution in [1.82, 2.24) is 0 Å². The fourth-order valence-corrected chi connectivity index (χ4v) is 3.08. The molecule has 0 spiro atoms. The Hall–Kier alpha value is -1.64.